The summed E-state index contributed by atoms with van der Waals surface area (Å²) in [5, 5.41) is 5.91. The molecule has 0 aliphatic carbocycles. The van der Waals surface area contributed by atoms with Crippen LogP contribution in [0.1, 0.15) is 47.5 Å². The lowest BCUT2D eigenvalue weighted by atomic mass is 10.1. The zero-order valence-corrected chi connectivity index (χ0v) is 13.3. The Morgan fingerprint density at radius 2 is 1.87 bits per heavy atom. The van der Waals surface area contributed by atoms with E-state index in [2.05, 4.69) is 27.5 Å². The fraction of sp³-hybridized carbons (Fsp3) is 0.294. The Morgan fingerprint density at radius 3 is 2.52 bits per heavy atom. The monoisotopic (exact) mass is 312 g/mol. The van der Waals surface area contributed by atoms with Crippen LogP contribution in [-0.2, 0) is 0 Å². The van der Waals surface area contributed by atoms with Crippen LogP contribution in [0, 0.1) is 0 Å². The number of hydrogen-bond acceptors (Lipinski definition) is 5. The second kappa shape index (κ2) is 8.03. The summed E-state index contributed by atoms with van der Waals surface area (Å²) in [6.07, 6.45) is 3.48. The van der Waals surface area contributed by atoms with Crippen LogP contribution in [0.15, 0.2) is 36.7 Å². The van der Waals surface area contributed by atoms with Gasteiger partial charge in [-0.3, -0.25) is 9.59 Å². The number of ketones is 1. The van der Waals surface area contributed by atoms with Crippen LogP contribution in [0.2, 0.25) is 0 Å². The van der Waals surface area contributed by atoms with Crippen molar-refractivity contribution in [1.82, 2.24) is 9.97 Å². The van der Waals surface area contributed by atoms with E-state index < -0.39 is 0 Å². The molecular formula is C17H20N4O2. The van der Waals surface area contributed by atoms with Gasteiger partial charge in [0.05, 0.1) is 0 Å². The van der Waals surface area contributed by atoms with Crippen LogP contribution in [0.25, 0.3) is 0 Å². The van der Waals surface area contributed by atoms with Gasteiger partial charge in [0.15, 0.2) is 5.78 Å². The number of aromatic nitrogens is 2. The zero-order chi connectivity index (χ0) is 16.7. The SMILES string of the molecule is CCCCNc1cc(C(=O)Nc2ccc(C(C)=O)cc2)ncn1. The van der Waals surface area contributed by atoms with Gasteiger partial charge in [0.2, 0.25) is 0 Å². The van der Waals surface area contributed by atoms with Crippen molar-refractivity contribution in [1.29, 1.82) is 0 Å². The van der Waals surface area contributed by atoms with E-state index in [4.69, 9.17) is 0 Å². The summed E-state index contributed by atoms with van der Waals surface area (Å²) >= 11 is 0. The number of amides is 1. The molecular weight excluding hydrogens is 292 g/mol. The highest BCUT2D eigenvalue weighted by atomic mass is 16.2. The summed E-state index contributed by atoms with van der Waals surface area (Å²) in [7, 11) is 0. The summed E-state index contributed by atoms with van der Waals surface area (Å²) in [6, 6.07) is 8.35. The van der Waals surface area contributed by atoms with Crippen molar-refractivity contribution in [3.63, 3.8) is 0 Å². The van der Waals surface area contributed by atoms with Crippen molar-refractivity contribution in [2.45, 2.75) is 26.7 Å². The summed E-state index contributed by atoms with van der Waals surface area (Å²) < 4.78 is 0. The average Bonchev–Trinajstić information content (AvgIpc) is 2.56. The highest BCUT2D eigenvalue weighted by molar-refractivity contribution is 6.03. The van der Waals surface area contributed by atoms with Crippen molar-refractivity contribution < 1.29 is 9.59 Å². The van der Waals surface area contributed by atoms with E-state index in [-0.39, 0.29) is 17.4 Å². The first-order valence-electron chi connectivity index (χ1n) is 7.58. The Bertz CT molecular complexity index is 683. The minimum absolute atomic E-state index is 0.0125. The number of carbonyl (C=O) groups excluding carboxylic acids is 2. The van der Waals surface area contributed by atoms with Gasteiger partial charge in [0.25, 0.3) is 5.91 Å². The highest BCUT2D eigenvalue weighted by Gasteiger charge is 2.09. The molecule has 0 atom stereocenters. The van der Waals surface area contributed by atoms with E-state index in [1.807, 2.05) is 0 Å². The van der Waals surface area contributed by atoms with Crippen LogP contribution in [-0.4, -0.2) is 28.2 Å². The molecule has 2 rings (SSSR count). The summed E-state index contributed by atoms with van der Waals surface area (Å²) in [6.45, 7) is 4.42. The Balaban J connectivity index is 2.02. The van der Waals surface area contributed by atoms with Gasteiger partial charge in [-0.2, -0.15) is 0 Å². The molecule has 0 unspecified atom stereocenters. The normalized spacial score (nSPS) is 10.2. The Kier molecular flexibility index (Phi) is 5.80. The van der Waals surface area contributed by atoms with Crippen molar-refractivity contribution in [3.8, 4) is 0 Å². The third-order valence-corrected chi connectivity index (χ3v) is 3.29. The number of Topliss-reactive ketones (excluding diaryl/α,β-unsaturated/α-hetero) is 1. The molecule has 120 valence electrons. The lowest BCUT2D eigenvalue weighted by Crippen LogP contribution is -2.15. The predicted molar refractivity (Wildman–Crippen MR) is 89.8 cm³/mol. The number of anilines is 2. The molecule has 1 amide bonds. The van der Waals surface area contributed by atoms with E-state index >= 15 is 0 Å². The molecule has 0 saturated heterocycles. The fourth-order valence-corrected chi connectivity index (χ4v) is 1.95. The van der Waals surface area contributed by atoms with Crippen LogP contribution in [0.5, 0.6) is 0 Å². The molecule has 0 fully saturated rings. The van der Waals surface area contributed by atoms with E-state index in [0.29, 0.717) is 17.1 Å². The minimum atomic E-state index is -0.318. The Labute approximate surface area is 135 Å². The van der Waals surface area contributed by atoms with Gasteiger partial charge in [-0.1, -0.05) is 13.3 Å². The van der Waals surface area contributed by atoms with Gasteiger partial charge in [-0.05, 0) is 37.6 Å². The van der Waals surface area contributed by atoms with Crippen molar-refractivity contribution >= 4 is 23.2 Å². The fourth-order valence-electron chi connectivity index (χ4n) is 1.95. The number of carbonyl (C=O) groups is 2. The molecule has 0 saturated carbocycles. The molecule has 0 aliphatic heterocycles. The minimum Gasteiger partial charge on any atom is -0.370 e. The van der Waals surface area contributed by atoms with Gasteiger partial charge < -0.3 is 10.6 Å². The second-order valence-electron chi connectivity index (χ2n) is 5.16. The van der Waals surface area contributed by atoms with Gasteiger partial charge in [0.1, 0.15) is 17.8 Å². The van der Waals surface area contributed by atoms with Crippen LogP contribution < -0.4 is 10.6 Å². The van der Waals surface area contributed by atoms with Gasteiger partial charge >= 0.3 is 0 Å². The molecule has 0 radical (unpaired) electrons. The number of hydrogen-bond donors (Lipinski definition) is 2. The number of unbranched alkanes of at least 4 members (excludes halogenated alkanes) is 1. The van der Waals surface area contributed by atoms with E-state index in [1.54, 1.807) is 30.3 Å². The second-order valence-corrected chi connectivity index (χ2v) is 5.16. The number of nitrogens with zero attached hydrogens (tertiary/aromatic N) is 2. The van der Waals surface area contributed by atoms with E-state index in [9.17, 15) is 9.59 Å². The van der Waals surface area contributed by atoms with Crippen molar-refractivity contribution in [2.75, 3.05) is 17.2 Å². The number of nitrogens with one attached hydrogen (secondary N) is 2. The third-order valence-electron chi connectivity index (χ3n) is 3.29. The Morgan fingerprint density at radius 1 is 1.13 bits per heavy atom. The van der Waals surface area contributed by atoms with Crippen LogP contribution >= 0.6 is 0 Å². The first-order valence-corrected chi connectivity index (χ1v) is 7.58. The summed E-state index contributed by atoms with van der Waals surface area (Å²) in [5.74, 6) is 0.300. The van der Waals surface area contributed by atoms with Gasteiger partial charge in [0, 0.05) is 23.9 Å². The smallest absolute Gasteiger partial charge is 0.274 e. The van der Waals surface area contributed by atoms with Crippen LogP contribution in [0.4, 0.5) is 11.5 Å². The van der Waals surface area contributed by atoms with Gasteiger partial charge in [-0.15, -0.1) is 0 Å². The molecule has 6 heteroatoms. The van der Waals surface area contributed by atoms with Crippen molar-refractivity contribution in [2.24, 2.45) is 0 Å². The number of benzene rings is 1. The molecule has 2 N–H and O–H groups in total. The maximum absolute atomic E-state index is 12.2. The summed E-state index contributed by atoms with van der Waals surface area (Å²) in [4.78, 5) is 31.5. The molecule has 0 bridgehead atoms. The van der Waals surface area contributed by atoms with Gasteiger partial charge in [-0.25, -0.2) is 9.97 Å². The first-order chi connectivity index (χ1) is 11.1. The quantitative estimate of drug-likeness (QED) is 0.606. The molecule has 0 aliphatic rings. The predicted octanol–water partition coefficient (Wildman–Crippen LogP) is 3.14. The molecule has 1 aromatic heterocycles. The maximum Gasteiger partial charge on any atom is 0.274 e. The zero-order valence-electron chi connectivity index (χ0n) is 13.3. The lowest BCUT2D eigenvalue weighted by molar-refractivity contribution is 0.101. The Hall–Kier alpha value is -2.76. The molecule has 1 aromatic carbocycles. The van der Waals surface area contributed by atoms with Crippen LogP contribution in [0.3, 0.4) is 0 Å². The molecule has 1 heterocycles. The standard InChI is InChI=1S/C17H20N4O2/c1-3-4-9-18-16-10-15(19-11-20-16)17(23)21-14-7-5-13(6-8-14)12(2)22/h5-8,10-11H,3-4,9H2,1-2H3,(H,21,23)(H,18,19,20). The molecule has 2 aromatic rings. The average molecular weight is 312 g/mol. The molecule has 23 heavy (non-hydrogen) atoms. The first kappa shape index (κ1) is 16.6. The van der Waals surface area contributed by atoms with E-state index in [0.717, 1.165) is 19.4 Å². The largest absolute Gasteiger partial charge is 0.370 e. The highest BCUT2D eigenvalue weighted by Crippen LogP contribution is 2.12. The molecule has 0 spiro atoms. The maximum atomic E-state index is 12.2. The van der Waals surface area contributed by atoms with E-state index in [1.165, 1.54) is 13.3 Å². The number of rotatable bonds is 7. The third kappa shape index (κ3) is 4.88. The molecule has 6 nitrogen and oxygen atoms in total. The lowest BCUT2D eigenvalue weighted by Gasteiger charge is -2.07. The van der Waals surface area contributed by atoms with Crippen molar-refractivity contribution in [3.05, 3.63) is 47.9 Å². The summed E-state index contributed by atoms with van der Waals surface area (Å²) in [5.41, 5.74) is 1.50. The topological polar surface area (TPSA) is 84.0 Å².